The van der Waals surface area contributed by atoms with Gasteiger partial charge in [-0.05, 0) is 48.6 Å². The second-order valence-corrected chi connectivity index (χ2v) is 5.29. The lowest BCUT2D eigenvalue weighted by molar-refractivity contribution is 0.426. The molecule has 2 aromatic carbocycles. The van der Waals surface area contributed by atoms with E-state index < -0.39 is 7.12 Å². The third-order valence-corrected chi connectivity index (χ3v) is 3.31. The van der Waals surface area contributed by atoms with Crippen LogP contribution in [-0.4, -0.2) is 22.3 Å². The highest BCUT2D eigenvalue weighted by Gasteiger charge is 2.15. The van der Waals surface area contributed by atoms with Crippen molar-refractivity contribution in [3.05, 3.63) is 52.5 Å². The summed E-state index contributed by atoms with van der Waals surface area (Å²) in [5.74, 6) is 0.547. The van der Waals surface area contributed by atoms with Crippen LogP contribution in [0, 0.1) is 0 Å². The molecule has 0 unspecified atom stereocenters. The van der Waals surface area contributed by atoms with Crippen molar-refractivity contribution in [1.82, 2.24) is 0 Å². The standard InChI is InChI=1S/C13H10BCl2NO3S/c15-8-1-4-10(5-2-8)20-13(21)17-9-3-6-11(14(18)19)12(16)7-9/h1-7,18-19H,(H,17,21). The van der Waals surface area contributed by atoms with Gasteiger partial charge in [-0.1, -0.05) is 29.3 Å². The Bertz CT molecular complexity index is 652. The molecule has 0 saturated heterocycles. The first-order chi connectivity index (χ1) is 9.95. The van der Waals surface area contributed by atoms with Crippen LogP contribution in [0.25, 0.3) is 0 Å². The number of nitrogens with one attached hydrogen (secondary N) is 1. The van der Waals surface area contributed by atoms with E-state index >= 15 is 0 Å². The summed E-state index contributed by atoms with van der Waals surface area (Å²) in [6.07, 6.45) is 0. The van der Waals surface area contributed by atoms with Crippen molar-refractivity contribution in [3.63, 3.8) is 0 Å². The molecule has 8 heteroatoms. The van der Waals surface area contributed by atoms with E-state index in [9.17, 15) is 0 Å². The molecule has 0 amide bonds. The van der Waals surface area contributed by atoms with Crippen molar-refractivity contribution < 1.29 is 14.8 Å². The van der Waals surface area contributed by atoms with Crippen LogP contribution >= 0.6 is 35.4 Å². The van der Waals surface area contributed by atoms with Gasteiger partial charge in [0.05, 0.1) is 0 Å². The van der Waals surface area contributed by atoms with Gasteiger partial charge in [-0.25, -0.2) is 0 Å². The normalized spacial score (nSPS) is 10.1. The maximum Gasteiger partial charge on any atom is 0.489 e. The van der Waals surface area contributed by atoms with Crippen LogP contribution in [0.2, 0.25) is 10.0 Å². The summed E-state index contributed by atoms with van der Waals surface area (Å²) in [6, 6.07) is 11.4. The number of hydrogen-bond acceptors (Lipinski definition) is 4. The van der Waals surface area contributed by atoms with E-state index in [-0.39, 0.29) is 15.7 Å². The molecule has 0 aliphatic rings. The second kappa shape index (κ2) is 7.11. The van der Waals surface area contributed by atoms with E-state index in [1.807, 2.05) is 0 Å². The molecule has 2 rings (SSSR count). The van der Waals surface area contributed by atoms with E-state index in [0.29, 0.717) is 16.5 Å². The highest BCUT2D eigenvalue weighted by molar-refractivity contribution is 7.80. The van der Waals surface area contributed by atoms with Gasteiger partial charge < -0.3 is 20.1 Å². The van der Waals surface area contributed by atoms with Gasteiger partial charge in [-0.2, -0.15) is 0 Å². The summed E-state index contributed by atoms with van der Waals surface area (Å²) in [7, 11) is -1.62. The number of hydrogen-bond donors (Lipinski definition) is 3. The Morgan fingerprint density at radius 2 is 1.76 bits per heavy atom. The van der Waals surface area contributed by atoms with E-state index in [4.69, 9.17) is 50.2 Å². The zero-order valence-corrected chi connectivity index (χ0v) is 12.9. The summed E-state index contributed by atoms with van der Waals surface area (Å²) in [6.45, 7) is 0. The molecule has 0 atom stereocenters. The van der Waals surface area contributed by atoms with Crippen molar-refractivity contribution in [1.29, 1.82) is 0 Å². The summed E-state index contributed by atoms with van der Waals surface area (Å²) in [5, 5.41) is 22.0. The Kier molecular flexibility index (Phi) is 5.44. The molecule has 0 heterocycles. The molecule has 21 heavy (non-hydrogen) atoms. The fraction of sp³-hybridized carbons (Fsp3) is 0. The predicted molar refractivity (Wildman–Crippen MR) is 89.6 cm³/mol. The van der Waals surface area contributed by atoms with Crippen molar-refractivity contribution >= 4 is 58.9 Å². The molecule has 4 nitrogen and oxygen atoms in total. The number of thiocarbonyl (C=S) groups is 1. The van der Waals surface area contributed by atoms with Gasteiger partial charge in [-0.15, -0.1) is 0 Å². The first kappa shape index (κ1) is 16.1. The molecule has 0 fully saturated rings. The highest BCUT2D eigenvalue weighted by Crippen LogP contribution is 2.17. The van der Waals surface area contributed by atoms with E-state index in [0.717, 1.165) is 0 Å². The van der Waals surface area contributed by atoms with Crippen LogP contribution in [0.4, 0.5) is 5.69 Å². The molecule has 0 aliphatic carbocycles. The van der Waals surface area contributed by atoms with Crippen LogP contribution < -0.4 is 15.5 Å². The van der Waals surface area contributed by atoms with Gasteiger partial charge in [0.15, 0.2) is 0 Å². The Balaban J connectivity index is 2.02. The van der Waals surface area contributed by atoms with E-state index in [1.54, 1.807) is 30.3 Å². The lowest BCUT2D eigenvalue weighted by Crippen LogP contribution is -2.30. The molecule has 0 saturated carbocycles. The number of ether oxygens (including phenoxy) is 1. The minimum absolute atomic E-state index is 0.130. The highest BCUT2D eigenvalue weighted by atomic mass is 35.5. The van der Waals surface area contributed by atoms with Crippen molar-refractivity contribution in [2.75, 3.05) is 5.32 Å². The van der Waals surface area contributed by atoms with Crippen molar-refractivity contribution in [2.24, 2.45) is 0 Å². The van der Waals surface area contributed by atoms with E-state index in [2.05, 4.69) is 5.32 Å². The zero-order chi connectivity index (χ0) is 15.4. The largest absolute Gasteiger partial charge is 0.489 e. The number of anilines is 1. The quantitative estimate of drug-likeness (QED) is 0.591. The molecular weight excluding hydrogens is 332 g/mol. The van der Waals surface area contributed by atoms with Gasteiger partial charge in [0, 0.05) is 21.2 Å². The third kappa shape index (κ3) is 4.59. The van der Waals surface area contributed by atoms with Gasteiger partial charge >= 0.3 is 7.12 Å². The molecular formula is C13H10BCl2NO3S. The maximum atomic E-state index is 9.08. The molecule has 3 N–H and O–H groups in total. The average Bonchev–Trinajstić information content (AvgIpc) is 2.41. The van der Waals surface area contributed by atoms with Gasteiger partial charge in [-0.3, -0.25) is 0 Å². The van der Waals surface area contributed by atoms with Crippen molar-refractivity contribution in [3.8, 4) is 5.75 Å². The van der Waals surface area contributed by atoms with E-state index in [1.165, 1.54) is 12.1 Å². The van der Waals surface area contributed by atoms with Crippen LogP contribution in [-0.2, 0) is 0 Å². The molecule has 0 bridgehead atoms. The summed E-state index contributed by atoms with van der Waals surface area (Å²) in [4.78, 5) is 0. The molecule has 108 valence electrons. The lowest BCUT2D eigenvalue weighted by atomic mass is 9.80. The number of benzene rings is 2. The SMILES string of the molecule is OB(O)c1ccc(NC(=S)Oc2ccc(Cl)cc2)cc1Cl. The summed E-state index contributed by atoms with van der Waals surface area (Å²) >= 11 is 16.8. The lowest BCUT2D eigenvalue weighted by Gasteiger charge is -2.11. The fourth-order valence-electron chi connectivity index (χ4n) is 1.57. The Morgan fingerprint density at radius 3 is 2.33 bits per heavy atom. The van der Waals surface area contributed by atoms with Crippen LogP contribution in [0.1, 0.15) is 0 Å². The monoisotopic (exact) mass is 341 g/mol. The minimum atomic E-state index is -1.62. The fourth-order valence-corrected chi connectivity index (χ4v) is 2.19. The Labute approximate surface area is 137 Å². The van der Waals surface area contributed by atoms with Gasteiger partial charge in [0.25, 0.3) is 5.17 Å². The summed E-state index contributed by atoms with van der Waals surface area (Å²) < 4.78 is 5.41. The van der Waals surface area contributed by atoms with Crippen LogP contribution in [0.3, 0.4) is 0 Å². The number of rotatable bonds is 3. The second-order valence-electron chi connectivity index (χ2n) is 4.08. The smallest absolute Gasteiger partial charge is 0.432 e. The molecule has 0 aliphatic heterocycles. The Morgan fingerprint density at radius 1 is 1.10 bits per heavy atom. The first-order valence-electron chi connectivity index (χ1n) is 5.85. The van der Waals surface area contributed by atoms with Crippen molar-refractivity contribution in [2.45, 2.75) is 0 Å². The maximum absolute atomic E-state index is 9.08. The molecule has 2 aromatic rings. The number of halogens is 2. The zero-order valence-electron chi connectivity index (χ0n) is 10.6. The predicted octanol–water partition coefficient (Wildman–Crippen LogP) is 2.45. The first-order valence-corrected chi connectivity index (χ1v) is 7.02. The topological polar surface area (TPSA) is 61.7 Å². The minimum Gasteiger partial charge on any atom is -0.432 e. The Hall–Kier alpha value is -1.31. The molecule has 0 radical (unpaired) electrons. The summed E-state index contributed by atoms with van der Waals surface area (Å²) in [5.41, 5.74) is 0.787. The van der Waals surface area contributed by atoms with Crippen LogP contribution in [0.15, 0.2) is 42.5 Å². The molecule has 0 aromatic heterocycles. The van der Waals surface area contributed by atoms with Gasteiger partial charge in [0.2, 0.25) is 0 Å². The van der Waals surface area contributed by atoms with Gasteiger partial charge in [0.1, 0.15) is 5.75 Å². The third-order valence-electron chi connectivity index (χ3n) is 2.55. The molecule has 0 spiro atoms. The van der Waals surface area contributed by atoms with Crippen LogP contribution in [0.5, 0.6) is 5.75 Å². The average molecular weight is 342 g/mol.